The van der Waals surface area contributed by atoms with Crippen molar-refractivity contribution in [2.24, 2.45) is 0 Å². The zero-order chi connectivity index (χ0) is 12.0. The first-order valence-corrected chi connectivity index (χ1v) is 5.53. The first-order chi connectivity index (χ1) is 7.69. The molecule has 1 rings (SSSR count). The second-order valence-corrected chi connectivity index (χ2v) is 4.13. The van der Waals surface area contributed by atoms with E-state index in [1.54, 1.807) is 0 Å². The minimum absolute atomic E-state index is 0.834. The molecule has 0 bridgehead atoms. The van der Waals surface area contributed by atoms with Crippen molar-refractivity contribution in [3.8, 4) is 0 Å². The van der Waals surface area contributed by atoms with Crippen LogP contribution in [0, 0.1) is 0 Å². The van der Waals surface area contributed by atoms with Gasteiger partial charge in [0.15, 0.2) is 0 Å². The lowest BCUT2D eigenvalue weighted by molar-refractivity contribution is -0.149. The van der Waals surface area contributed by atoms with E-state index in [0.717, 1.165) is 23.8 Å². The standard InChI is InChI=1S/C11H13FO3S/c1-14-10(13)9(12)11(15-2)16-8-6-4-3-5-7-8/h3-7,9,11H,1-2H3/t9-,11-/m0/s1. The highest BCUT2D eigenvalue weighted by Gasteiger charge is 2.29. The van der Waals surface area contributed by atoms with E-state index in [9.17, 15) is 9.18 Å². The molecular weight excluding hydrogens is 231 g/mol. The van der Waals surface area contributed by atoms with Gasteiger partial charge >= 0.3 is 5.97 Å². The van der Waals surface area contributed by atoms with Crippen LogP contribution < -0.4 is 0 Å². The van der Waals surface area contributed by atoms with Gasteiger partial charge < -0.3 is 9.47 Å². The van der Waals surface area contributed by atoms with Crippen LogP contribution in [0.3, 0.4) is 0 Å². The Bertz CT molecular complexity index is 331. The van der Waals surface area contributed by atoms with Gasteiger partial charge in [0.1, 0.15) is 5.44 Å². The molecule has 2 atom stereocenters. The zero-order valence-corrected chi connectivity index (χ0v) is 9.87. The summed E-state index contributed by atoms with van der Waals surface area (Å²) in [4.78, 5) is 11.8. The van der Waals surface area contributed by atoms with Gasteiger partial charge in [-0.15, -0.1) is 0 Å². The molecule has 0 saturated heterocycles. The van der Waals surface area contributed by atoms with Gasteiger partial charge in [0, 0.05) is 12.0 Å². The van der Waals surface area contributed by atoms with E-state index in [-0.39, 0.29) is 0 Å². The third-order valence-electron chi connectivity index (χ3n) is 1.89. The van der Waals surface area contributed by atoms with Gasteiger partial charge in [-0.2, -0.15) is 0 Å². The van der Waals surface area contributed by atoms with Crippen molar-refractivity contribution in [3.05, 3.63) is 30.3 Å². The van der Waals surface area contributed by atoms with Gasteiger partial charge in [-0.25, -0.2) is 9.18 Å². The molecule has 0 unspecified atom stereocenters. The number of carbonyl (C=O) groups excluding carboxylic acids is 1. The molecule has 0 aliphatic carbocycles. The molecule has 0 heterocycles. The third kappa shape index (κ3) is 3.50. The first kappa shape index (κ1) is 13.0. The Labute approximate surface area is 97.9 Å². The van der Waals surface area contributed by atoms with Gasteiger partial charge in [0.25, 0.3) is 0 Å². The number of carbonyl (C=O) groups is 1. The molecule has 0 aliphatic heterocycles. The summed E-state index contributed by atoms with van der Waals surface area (Å²) in [6.07, 6.45) is -1.79. The van der Waals surface area contributed by atoms with Crippen molar-refractivity contribution in [3.63, 3.8) is 0 Å². The number of rotatable bonds is 5. The van der Waals surface area contributed by atoms with Crippen LogP contribution in [-0.2, 0) is 14.3 Å². The molecule has 0 aromatic heterocycles. The van der Waals surface area contributed by atoms with Crippen LogP contribution in [0.25, 0.3) is 0 Å². The number of hydrogen-bond donors (Lipinski definition) is 0. The van der Waals surface area contributed by atoms with E-state index in [2.05, 4.69) is 4.74 Å². The first-order valence-electron chi connectivity index (χ1n) is 4.65. The summed E-state index contributed by atoms with van der Waals surface area (Å²) in [6.45, 7) is 0. The number of alkyl halides is 1. The molecule has 3 nitrogen and oxygen atoms in total. The average molecular weight is 244 g/mol. The van der Waals surface area contributed by atoms with Crippen LogP contribution in [0.15, 0.2) is 35.2 Å². The van der Waals surface area contributed by atoms with Crippen molar-refractivity contribution in [2.45, 2.75) is 16.5 Å². The lowest BCUT2D eigenvalue weighted by Gasteiger charge is -2.17. The Morgan fingerprint density at radius 1 is 1.31 bits per heavy atom. The fraction of sp³-hybridized carbons (Fsp3) is 0.364. The summed E-state index contributed by atoms with van der Waals surface area (Å²) < 4.78 is 22.8. The summed E-state index contributed by atoms with van der Waals surface area (Å²) in [5.74, 6) is -0.921. The maximum atomic E-state index is 13.5. The van der Waals surface area contributed by atoms with Crippen LogP contribution >= 0.6 is 11.8 Å². The normalized spacial score (nSPS) is 14.2. The third-order valence-corrected chi connectivity index (χ3v) is 3.10. The van der Waals surface area contributed by atoms with Crippen molar-refractivity contribution < 1.29 is 18.7 Å². The highest BCUT2D eigenvalue weighted by Crippen LogP contribution is 2.27. The maximum Gasteiger partial charge on any atom is 0.344 e. The van der Waals surface area contributed by atoms with E-state index in [1.165, 1.54) is 7.11 Å². The van der Waals surface area contributed by atoms with Crippen LogP contribution in [0.5, 0.6) is 0 Å². The quantitative estimate of drug-likeness (QED) is 0.452. The van der Waals surface area contributed by atoms with Crippen LogP contribution in [0.4, 0.5) is 4.39 Å². The number of halogens is 1. The van der Waals surface area contributed by atoms with Gasteiger partial charge in [0.05, 0.1) is 7.11 Å². The summed E-state index contributed by atoms with van der Waals surface area (Å²) >= 11 is 1.14. The molecule has 0 fully saturated rings. The zero-order valence-electron chi connectivity index (χ0n) is 9.05. The number of benzene rings is 1. The summed E-state index contributed by atoms with van der Waals surface area (Å²) in [7, 11) is 2.50. The van der Waals surface area contributed by atoms with E-state index in [4.69, 9.17) is 4.74 Å². The van der Waals surface area contributed by atoms with Gasteiger partial charge in [0.2, 0.25) is 6.17 Å². The Balaban J connectivity index is 2.65. The Kier molecular flexibility index (Phi) is 5.28. The molecule has 16 heavy (non-hydrogen) atoms. The molecular formula is C11H13FO3S. The molecule has 0 aliphatic rings. The van der Waals surface area contributed by atoms with Crippen LogP contribution in [0.2, 0.25) is 0 Å². The second-order valence-electron chi connectivity index (χ2n) is 2.96. The molecule has 1 aromatic carbocycles. The SMILES string of the molecule is COC(=O)[C@H](F)[C@@H](OC)Sc1ccccc1. The number of methoxy groups -OCH3 is 2. The number of ether oxygens (including phenoxy) is 2. The van der Waals surface area contributed by atoms with Crippen molar-refractivity contribution in [1.29, 1.82) is 0 Å². The second kappa shape index (κ2) is 6.50. The van der Waals surface area contributed by atoms with E-state index >= 15 is 0 Å². The predicted octanol–water partition coefficient (Wildman–Crippen LogP) is 2.26. The van der Waals surface area contributed by atoms with E-state index < -0.39 is 17.6 Å². The molecule has 88 valence electrons. The maximum absolute atomic E-state index is 13.5. The molecule has 5 heteroatoms. The highest BCUT2D eigenvalue weighted by molar-refractivity contribution is 7.99. The average Bonchev–Trinajstić information content (AvgIpc) is 2.35. The largest absolute Gasteiger partial charge is 0.467 e. The summed E-state index contributed by atoms with van der Waals surface area (Å²) in [5.41, 5.74) is -0.894. The monoisotopic (exact) mass is 244 g/mol. The van der Waals surface area contributed by atoms with Gasteiger partial charge in [-0.1, -0.05) is 30.0 Å². The molecule has 1 aromatic rings. The number of esters is 1. The van der Waals surface area contributed by atoms with Gasteiger partial charge in [-0.05, 0) is 12.1 Å². The van der Waals surface area contributed by atoms with Crippen LogP contribution in [0.1, 0.15) is 0 Å². The smallest absolute Gasteiger partial charge is 0.344 e. The molecule has 0 amide bonds. The van der Waals surface area contributed by atoms with Crippen molar-refractivity contribution in [1.82, 2.24) is 0 Å². The summed E-state index contributed by atoms with van der Waals surface area (Å²) in [6, 6.07) is 9.17. The molecule has 0 radical (unpaired) electrons. The number of thioether (sulfide) groups is 1. The topological polar surface area (TPSA) is 35.5 Å². The highest BCUT2D eigenvalue weighted by atomic mass is 32.2. The minimum atomic E-state index is -1.79. The Morgan fingerprint density at radius 2 is 1.94 bits per heavy atom. The Hall–Kier alpha value is -1.07. The lowest BCUT2D eigenvalue weighted by Crippen LogP contribution is -2.30. The van der Waals surface area contributed by atoms with E-state index in [1.807, 2.05) is 30.3 Å². The summed E-state index contributed by atoms with van der Waals surface area (Å²) in [5, 5.41) is 0. The molecule has 0 spiro atoms. The fourth-order valence-electron chi connectivity index (χ4n) is 1.08. The molecule has 0 saturated carbocycles. The lowest BCUT2D eigenvalue weighted by atomic mass is 10.4. The van der Waals surface area contributed by atoms with E-state index in [0.29, 0.717) is 0 Å². The van der Waals surface area contributed by atoms with Crippen molar-refractivity contribution in [2.75, 3.05) is 14.2 Å². The molecule has 0 N–H and O–H groups in total. The number of hydrogen-bond acceptors (Lipinski definition) is 4. The van der Waals surface area contributed by atoms with Crippen molar-refractivity contribution >= 4 is 17.7 Å². The minimum Gasteiger partial charge on any atom is -0.467 e. The predicted molar refractivity (Wildman–Crippen MR) is 60.0 cm³/mol. The van der Waals surface area contributed by atoms with Crippen LogP contribution in [-0.4, -0.2) is 31.8 Å². The van der Waals surface area contributed by atoms with Gasteiger partial charge in [-0.3, -0.25) is 0 Å². The fourth-order valence-corrected chi connectivity index (χ4v) is 1.99. The Morgan fingerprint density at radius 3 is 2.44 bits per heavy atom.